The van der Waals surface area contributed by atoms with Crippen LogP contribution in [0.3, 0.4) is 0 Å². The van der Waals surface area contributed by atoms with E-state index in [0.29, 0.717) is 6.54 Å². The average Bonchev–Trinajstić information content (AvgIpc) is 2.50. The zero-order chi connectivity index (χ0) is 15.2. The number of hydrogen-bond donors (Lipinski definition) is 2. The lowest BCUT2D eigenvalue weighted by atomic mass is 10.1. The highest BCUT2D eigenvalue weighted by Crippen LogP contribution is 2.26. The minimum Gasteiger partial charge on any atom is -0.505 e. The molecule has 0 bridgehead atoms. The van der Waals surface area contributed by atoms with Crippen molar-refractivity contribution in [2.75, 3.05) is 12.3 Å². The summed E-state index contributed by atoms with van der Waals surface area (Å²) in [5, 5.41) is 18.8. The molecule has 0 aromatic heterocycles. The van der Waals surface area contributed by atoms with Crippen molar-refractivity contribution in [3.8, 4) is 11.8 Å². The van der Waals surface area contributed by atoms with Gasteiger partial charge in [-0.25, -0.2) is 0 Å². The third kappa shape index (κ3) is 3.31. The first kappa shape index (κ1) is 14.4. The Bertz CT molecular complexity index is 678. The maximum Gasteiger partial charge on any atom is 0.258 e. The number of anilines is 1. The number of hydrogen-bond acceptors (Lipinski definition) is 4. The molecular formula is C16H15N3O2. The van der Waals surface area contributed by atoms with Gasteiger partial charge in [-0.15, -0.1) is 0 Å². The van der Waals surface area contributed by atoms with Crippen LogP contribution in [-0.2, 0) is 6.54 Å². The fourth-order valence-electron chi connectivity index (χ4n) is 1.99. The molecule has 3 N–H and O–H groups in total. The highest BCUT2D eigenvalue weighted by atomic mass is 16.3. The fraction of sp³-hybridized carbons (Fsp3) is 0.125. The highest BCUT2D eigenvalue weighted by molar-refractivity contribution is 5.98. The van der Waals surface area contributed by atoms with Crippen LogP contribution in [0.15, 0.2) is 48.5 Å². The molecule has 0 unspecified atom stereocenters. The lowest BCUT2D eigenvalue weighted by molar-refractivity contribution is 0.0762. The number of aromatic hydroxyl groups is 1. The number of phenols is 1. The summed E-state index contributed by atoms with van der Waals surface area (Å²) in [5.74, 6) is -0.677. The molecule has 0 aliphatic rings. The molecule has 0 aliphatic carbocycles. The Morgan fingerprint density at radius 3 is 2.57 bits per heavy atom. The Morgan fingerprint density at radius 2 is 1.90 bits per heavy atom. The molecule has 2 aromatic carbocycles. The number of nitrogen functional groups attached to an aromatic ring is 1. The minimum absolute atomic E-state index is 0.0675. The van der Waals surface area contributed by atoms with E-state index in [-0.39, 0.29) is 23.5 Å². The van der Waals surface area contributed by atoms with Crippen LogP contribution >= 0.6 is 0 Å². The van der Waals surface area contributed by atoms with Crippen LogP contribution in [0.2, 0.25) is 0 Å². The van der Waals surface area contributed by atoms with Gasteiger partial charge >= 0.3 is 0 Å². The van der Waals surface area contributed by atoms with Gasteiger partial charge in [0.1, 0.15) is 6.54 Å². The molecule has 21 heavy (non-hydrogen) atoms. The zero-order valence-corrected chi connectivity index (χ0v) is 11.4. The second-order valence-corrected chi connectivity index (χ2v) is 4.55. The first-order valence-electron chi connectivity index (χ1n) is 6.41. The fourth-order valence-corrected chi connectivity index (χ4v) is 1.99. The summed E-state index contributed by atoms with van der Waals surface area (Å²) in [6.07, 6.45) is 0. The standard InChI is InChI=1S/C16H15N3O2/c17-9-10-19(11-12-5-2-1-3-6-12)16(21)13-7-4-8-14(18)15(13)20/h1-8,20H,10-11,18H2. The van der Waals surface area contributed by atoms with Gasteiger partial charge in [-0.1, -0.05) is 36.4 Å². The Morgan fingerprint density at radius 1 is 1.19 bits per heavy atom. The summed E-state index contributed by atoms with van der Waals surface area (Å²) in [4.78, 5) is 13.8. The van der Waals surface area contributed by atoms with Gasteiger partial charge in [0.25, 0.3) is 5.91 Å². The molecule has 1 amide bonds. The molecule has 0 radical (unpaired) electrons. The van der Waals surface area contributed by atoms with Crippen molar-refractivity contribution >= 4 is 11.6 Å². The predicted octanol–water partition coefficient (Wildman–Crippen LogP) is 2.14. The quantitative estimate of drug-likeness (QED) is 0.510. The van der Waals surface area contributed by atoms with E-state index in [1.807, 2.05) is 36.4 Å². The van der Waals surface area contributed by atoms with E-state index < -0.39 is 5.91 Å². The SMILES string of the molecule is N#CCN(Cc1ccccc1)C(=O)c1cccc(N)c1O. The Labute approximate surface area is 122 Å². The molecule has 0 aliphatic heterocycles. The molecule has 0 heterocycles. The molecule has 0 fully saturated rings. The lowest BCUT2D eigenvalue weighted by Gasteiger charge is -2.20. The van der Waals surface area contributed by atoms with Crippen LogP contribution in [0.4, 0.5) is 5.69 Å². The smallest absolute Gasteiger partial charge is 0.258 e. The highest BCUT2D eigenvalue weighted by Gasteiger charge is 2.20. The van der Waals surface area contributed by atoms with Gasteiger partial charge < -0.3 is 15.7 Å². The van der Waals surface area contributed by atoms with Gasteiger partial charge in [0.05, 0.1) is 17.3 Å². The number of rotatable bonds is 4. The molecular weight excluding hydrogens is 266 g/mol. The first-order valence-corrected chi connectivity index (χ1v) is 6.41. The Balaban J connectivity index is 2.28. The molecule has 106 valence electrons. The molecule has 0 saturated carbocycles. The number of carbonyl (C=O) groups excluding carboxylic acids is 1. The maximum absolute atomic E-state index is 12.5. The molecule has 5 nitrogen and oxygen atoms in total. The maximum atomic E-state index is 12.5. The summed E-state index contributed by atoms with van der Waals surface area (Å²) < 4.78 is 0. The van der Waals surface area contributed by atoms with Crippen molar-refractivity contribution in [3.05, 3.63) is 59.7 Å². The summed E-state index contributed by atoms with van der Waals surface area (Å²) in [6.45, 7) is 0.226. The van der Waals surface area contributed by atoms with E-state index in [0.717, 1.165) is 5.56 Å². The van der Waals surface area contributed by atoms with Gasteiger partial charge in [-0.3, -0.25) is 4.79 Å². The Hall–Kier alpha value is -3.00. The monoisotopic (exact) mass is 281 g/mol. The van der Waals surface area contributed by atoms with Crippen LogP contribution in [0.25, 0.3) is 0 Å². The van der Waals surface area contributed by atoms with Gasteiger partial charge in [-0.2, -0.15) is 5.26 Å². The number of benzene rings is 2. The number of nitriles is 1. The number of nitrogens with zero attached hydrogens (tertiary/aromatic N) is 2. The van der Waals surface area contributed by atoms with Crippen molar-refractivity contribution < 1.29 is 9.90 Å². The van der Waals surface area contributed by atoms with Gasteiger partial charge in [0.15, 0.2) is 5.75 Å². The molecule has 2 aromatic rings. The summed E-state index contributed by atoms with van der Waals surface area (Å²) >= 11 is 0. The van der Waals surface area contributed by atoms with Crippen molar-refractivity contribution in [1.82, 2.24) is 4.90 Å². The molecule has 0 saturated heterocycles. The van der Waals surface area contributed by atoms with Crippen LogP contribution in [0, 0.1) is 11.3 Å². The third-order valence-corrected chi connectivity index (χ3v) is 3.06. The predicted molar refractivity (Wildman–Crippen MR) is 79.3 cm³/mol. The van der Waals surface area contributed by atoms with Crippen molar-refractivity contribution in [2.24, 2.45) is 0 Å². The topological polar surface area (TPSA) is 90.4 Å². The second-order valence-electron chi connectivity index (χ2n) is 4.55. The molecule has 5 heteroatoms. The first-order chi connectivity index (χ1) is 10.1. The normalized spacial score (nSPS) is 9.86. The van der Waals surface area contributed by atoms with E-state index in [2.05, 4.69) is 0 Å². The number of nitrogens with two attached hydrogens (primary N) is 1. The number of amides is 1. The van der Waals surface area contributed by atoms with Crippen LogP contribution < -0.4 is 5.73 Å². The van der Waals surface area contributed by atoms with Crippen LogP contribution in [0.5, 0.6) is 5.75 Å². The van der Waals surface area contributed by atoms with Crippen molar-refractivity contribution in [3.63, 3.8) is 0 Å². The largest absolute Gasteiger partial charge is 0.505 e. The second kappa shape index (κ2) is 6.44. The van der Waals surface area contributed by atoms with Crippen LogP contribution in [-0.4, -0.2) is 22.5 Å². The summed E-state index contributed by atoms with van der Waals surface area (Å²) in [6, 6.07) is 15.9. The van der Waals surface area contributed by atoms with E-state index in [4.69, 9.17) is 11.0 Å². The zero-order valence-electron chi connectivity index (χ0n) is 11.4. The third-order valence-electron chi connectivity index (χ3n) is 3.06. The number of phenolic OH excluding ortho intramolecular Hbond substituents is 1. The Kier molecular flexibility index (Phi) is 4.42. The van der Waals surface area contributed by atoms with Gasteiger partial charge in [0.2, 0.25) is 0 Å². The van der Waals surface area contributed by atoms with E-state index in [1.54, 1.807) is 6.07 Å². The van der Waals surface area contributed by atoms with Gasteiger partial charge in [0, 0.05) is 6.54 Å². The lowest BCUT2D eigenvalue weighted by Crippen LogP contribution is -2.31. The van der Waals surface area contributed by atoms with E-state index in [1.165, 1.54) is 17.0 Å². The van der Waals surface area contributed by atoms with Crippen molar-refractivity contribution in [2.45, 2.75) is 6.54 Å². The number of para-hydroxylation sites is 1. The van der Waals surface area contributed by atoms with Gasteiger partial charge in [-0.05, 0) is 17.7 Å². The van der Waals surface area contributed by atoms with Crippen LogP contribution in [0.1, 0.15) is 15.9 Å². The van der Waals surface area contributed by atoms with E-state index in [9.17, 15) is 9.90 Å². The van der Waals surface area contributed by atoms with E-state index >= 15 is 0 Å². The minimum atomic E-state index is -0.426. The average molecular weight is 281 g/mol. The molecule has 0 spiro atoms. The summed E-state index contributed by atoms with van der Waals surface area (Å²) in [5.41, 5.74) is 6.74. The van der Waals surface area contributed by atoms with Crippen molar-refractivity contribution in [1.29, 1.82) is 5.26 Å². The molecule has 2 rings (SSSR count). The number of carbonyl (C=O) groups is 1. The molecule has 0 atom stereocenters. The summed E-state index contributed by atoms with van der Waals surface area (Å²) in [7, 11) is 0.